The molecule has 6 heteroatoms. The Morgan fingerprint density at radius 1 is 1.25 bits per heavy atom. The van der Waals surface area contributed by atoms with Crippen LogP contribution in [0.15, 0.2) is 18.9 Å². The Labute approximate surface area is 93.0 Å². The first kappa shape index (κ1) is 9.41. The highest BCUT2D eigenvalue weighted by Gasteiger charge is 2.15. The summed E-state index contributed by atoms with van der Waals surface area (Å²) in [7, 11) is 2.10. The fourth-order valence-corrected chi connectivity index (χ4v) is 1.85. The summed E-state index contributed by atoms with van der Waals surface area (Å²) in [6.45, 7) is 1.95. The zero-order valence-electron chi connectivity index (χ0n) is 9.04. The van der Waals surface area contributed by atoms with E-state index in [9.17, 15) is 0 Å². The van der Waals surface area contributed by atoms with Crippen LogP contribution in [-0.4, -0.2) is 43.2 Å². The van der Waals surface area contributed by atoms with Crippen LogP contribution in [0.4, 0.5) is 0 Å². The van der Waals surface area contributed by atoms with E-state index in [2.05, 4.69) is 32.1 Å². The Kier molecular flexibility index (Phi) is 2.14. The minimum absolute atomic E-state index is 0.638. The summed E-state index contributed by atoms with van der Waals surface area (Å²) in [5.41, 5.74) is 2.35. The minimum Gasteiger partial charge on any atom is -0.300 e. The van der Waals surface area contributed by atoms with Gasteiger partial charge in [-0.15, -0.1) is 10.2 Å². The molecule has 0 spiro atoms. The van der Waals surface area contributed by atoms with E-state index < -0.39 is 0 Å². The predicted octanol–water partition coefficient (Wildman–Crippen LogP) is 0.0452. The number of hydrogen-bond acceptors (Lipinski definition) is 5. The van der Waals surface area contributed by atoms with Gasteiger partial charge in [0.2, 0.25) is 5.95 Å². The molecule has 6 nitrogen and oxygen atoms in total. The molecule has 3 rings (SSSR count). The maximum absolute atomic E-state index is 4.54. The van der Waals surface area contributed by atoms with Crippen molar-refractivity contribution >= 4 is 0 Å². The molecule has 2 aromatic rings. The van der Waals surface area contributed by atoms with Crippen LogP contribution in [0.5, 0.6) is 0 Å². The Morgan fingerprint density at radius 2 is 2.06 bits per heavy atom. The fourth-order valence-electron chi connectivity index (χ4n) is 1.85. The summed E-state index contributed by atoms with van der Waals surface area (Å²) in [6.07, 6.45) is 6.14. The molecule has 0 fully saturated rings. The average Bonchev–Trinajstić information content (AvgIpc) is 2.81. The van der Waals surface area contributed by atoms with Gasteiger partial charge >= 0.3 is 0 Å². The van der Waals surface area contributed by atoms with Crippen molar-refractivity contribution in [3.05, 3.63) is 30.1 Å². The fraction of sp³-hybridized carbons (Fsp3) is 0.400. The molecule has 2 aromatic heterocycles. The second kappa shape index (κ2) is 3.64. The van der Waals surface area contributed by atoms with Crippen molar-refractivity contribution in [1.82, 2.24) is 29.6 Å². The number of hydrogen-bond donors (Lipinski definition) is 0. The lowest BCUT2D eigenvalue weighted by molar-refractivity contribution is 0.306. The number of aromatic nitrogens is 5. The Morgan fingerprint density at radius 3 is 2.88 bits per heavy atom. The van der Waals surface area contributed by atoms with Crippen LogP contribution in [0.1, 0.15) is 11.3 Å². The maximum Gasteiger partial charge on any atom is 0.236 e. The lowest BCUT2D eigenvalue weighted by Crippen LogP contribution is -2.28. The summed E-state index contributed by atoms with van der Waals surface area (Å²) < 4.78 is 1.72. The molecule has 0 saturated heterocycles. The minimum atomic E-state index is 0.638. The third kappa shape index (κ3) is 1.57. The van der Waals surface area contributed by atoms with E-state index in [1.165, 1.54) is 5.56 Å². The van der Waals surface area contributed by atoms with Gasteiger partial charge in [0, 0.05) is 19.3 Å². The first-order valence-corrected chi connectivity index (χ1v) is 5.21. The molecule has 82 valence electrons. The normalized spacial score (nSPS) is 16.1. The number of rotatable bonds is 1. The van der Waals surface area contributed by atoms with Gasteiger partial charge < -0.3 is 4.90 Å². The summed E-state index contributed by atoms with van der Waals surface area (Å²) >= 11 is 0. The van der Waals surface area contributed by atoms with Crippen molar-refractivity contribution in [2.45, 2.75) is 13.0 Å². The van der Waals surface area contributed by atoms with Crippen molar-refractivity contribution in [2.24, 2.45) is 0 Å². The van der Waals surface area contributed by atoms with E-state index in [4.69, 9.17) is 0 Å². The largest absolute Gasteiger partial charge is 0.300 e. The molecule has 0 atom stereocenters. The highest BCUT2D eigenvalue weighted by molar-refractivity contribution is 5.24. The van der Waals surface area contributed by atoms with Crippen LogP contribution in [-0.2, 0) is 13.0 Å². The Hall–Kier alpha value is -1.82. The van der Waals surface area contributed by atoms with Gasteiger partial charge in [0.05, 0.1) is 5.69 Å². The molecular weight excluding hydrogens is 204 g/mol. The molecule has 0 radical (unpaired) electrons. The molecule has 0 unspecified atom stereocenters. The van der Waals surface area contributed by atoms with Crippen LogP contribution in [0.25, 0.3) is 5.95 Å². The lowest BCUT2D eigenvalue weighted by Gasteiger charge is -2.23. The molecular formula is C10H12N6. The van der Waals surface area contributed by atoms with E-state index in [1.807, 2.05) is 6.20 Å². The van der Waals surface area contributed by atoms with Crippen molar-refractivity contribution in [3.8, 4) is 5.95 Å². The zero-order valence-corrected chi connectivity index (χ0v) is 9.04. The van der Waals surface area contributed by atoms with Gasteiger partial charge in [-0.25, -0.2) is 9.97 Å². The van der Waals surface area contributed by atoms with E-state index in [-0.39, 0.29) is 0 Å². The van der Waals surface area contributed by atoms with Gasteiger partial charge in [0.25, 0.3) is 0 Å². The Bertz CT molecular complexity index is 492. The van der Waals surface area contributed by atoms with E-state index in [1.54, 1.807) is 17.2 Å². The average molecular weight is 216 g/mol. The summed E-state index contributed by atoms with van der Waals surface area (Å²) in [5, 5.41) is 7.50. The van der Waals surface area contributed by atoms with Crippen molar-refractivity contribution in [3.63, 3.8) is 0 Å². The smallest absolute Gasteiger partial charge is 0.236 e. The van der Waals surface area contributed by atoms with Gasteiger partial charge in [0.1, 0.15) is 12.7 Å². The van der Waals surface area contributed by atoms with Gasteiger partial charge in [-0.05, 0) is 19.0 Å². The highest BCUT2D eigenvalue weighted by atomic mass is 15.3. The third-order valence-electron chi connectivity index (χ3n) is 2.77. The van der Waals surface area contributed by atoms with Crippen LogP contribution in [0.3, 0.4) is 0 Å². The zero-order chi connectivity index (χ0) is 11.0. The number of fused-ring (bicyclic) bond motifs is 1. The molecule has 0 aliphatic carbocycles. The van der Waals surface area contributed by atoms with Crippen LogP contribution in [0, 0.1) is 0 Å². The molecule has 0 N–H and O–H groups in total. The van der Waals surface area contributed by atoms with E-state index in [0.29, 0.717) is 5.95 Å². The van der Waals surface area contributed by atoms with Crippen LogP contribution in [0.2, 0.25) is 0 Å². The first-order chi connectivity index (χ1) is 7.83. The first-order valence-electron chi connectivity index (χ1n) is 5.21. The quantitative estimate of drug-likeness (QED) is 0.674. The third-order valence-corrected chi connectivity index (χ3v) is 2.77. The Balaban J connectivity index is 2.01. The van der Waals surface area contributed by atoms with E-state index >= 15 is 0 Å². The second-order valence-corrected chi connectivity index (χ2v) is 4.00. The topological polar surface area (TPSA) is 59.7 Å². The molecule has 0 aromatic carbocycles. The molecule has 3 heterocycles. The number of likely N-dealkylation sites (N-methyl/N-ethyl adjacent to an activating group) is 1. The maximum atomic E-state index is 4.54. The molecule has 0 amide bonds. The predicted molar refractivity (Wildman–Crippen MR) is 57.0 cm³/mol. The molecule has 1 aliphatic rings. The molecule has 1 aliphatic heterocycles. The second-order valence-electron chi connectivity index (χ2n) is 4.00. The van der Waals surface area contributed by atoms with Crippen LogP contribution >= 0.6 is 0 Å². The standard InChI is InChI=1S/C10H12N6/c1-15-3-2-8-4-11-10(14-9(8)5-15)16-6-12-13-7-16/h4,6-7H,2-3,5H2,1H3. The van der Waals surface area contributed by atoms with Crippen molar-refractivity contribution in [1.29, 1.82) is 0 Å². The summed E-state index contributed by atoms with van der Waals surface area (Å²) in [5.74, 6) is 0.638. The monoisotopic (exact) mass is 216 g/mol. The number of nitrogens with zero attached hydrogens (tertiary/aromatic N) is 6. The van der Waals surface area contributed by atoms with Crippen molar-refractivity contribution < 1.29 is 0 Å². The van der Waals surface area contributed by atoms with Gasteiger partial charge in [-0.2, -0.15) is 0 Å². The van der Waals surface area contributed by atoms with Gasteiger partial charge in [-0.3, -0.25) is 4.57 Å². The molecule has 0 saturated carbocycles. The molecule has 0 bridgehead atoms. The van der Waals surface area contributed by atoms with Crippen molar-refractivity contribution in [2.75, 3.05) is 13.6 Å². The van der Waals surface area contributed by atoms with Gasteiger partial charge in [-0.1, -0.05) is 0 Å². The van der Waals surface area contributed by atoms with Gasteiger partial charge in [0.15, 0.2) is 0 Å². The highest BCUT2D eigenvalue weighted by Crippen LogP contribution is 2.15. The molecule has 16 heavy (non-hydrogen) atoms. The summed E-state index contributed by atoms with van der Waals surface area (Å²) in [6, 6.07) is 0. The van der Waals surface area contributed by atoms with E-state index in [0.717, 1.165) is 25.2 Å². The lowest BCUT2D eigenvalue weighted by atomic mass is 10.1. The van der Waals surface area contributed by atoms with Crippen LogP contribution < -0.4 is 0 Å². The SMILES string of the molecule is CN1CCc2cnc(-n3cnnc3)nc2C1. The summed E-state index contributed by atoms with van der Waals surface area (Å²) in [4.78, 5) is 11.1.